The van der Waals surface area contributed by atoms with Crippen LogP contribution >= 0.6 is 0 Å². The van der Waals surface area contributed by atoms with E-state index in [1.807, 2.05) is 20.2 Å². The Morgan fingerprint density at radius 2 is 2.18 bits per heavy atom. The summed E-state index contributed by atoms with van der Waals surface area (Å²) in [5, 5.41) is 12.0. The van der Waals surface area contributed by atoms with E-state index >= 15 is 0 Å². The van der Waals surface area contributed by atoms with Gasteiger partial charge in [-0.1, -0.05) is 0 Å². The molecule has 92 valence electrons. The molecule has 0 aliphatic rings. The van der Waals surface area contributed by atoms with Gasteiger partial charge in [0.1, 0.15) is 6.07 Å². The summed E-state index contributed by atoms with van der Waals surface area (Å²) in [5.74, 6) is 0.568. The SMILES string of the molecule is CN(C)C(C)(C)CNc1nccc(C#N)c1N. The van der Waals surface area contributed by atoms with Crippen LogP contribution in [-0.4, -0.2) is 36.1 Å². The summed E-state index contributed by atoms with van der Waals surface area (Å²) in [6, 6.07) is 3.65. The van der Waals surface area contributed by atoms with Crippen molar-refractivity contribution in [2.75, 3.05) is 31.7 Å². The van der Waals surface area contributed by atoms with E-state index in [2.05, 4.69) is 29.0 Å². The Morgan fingerprint density at radius 1 is 1.53 bits per heavy atom. The maximum atomic E-state index is 8.87. The molecular weight excluding hydrogens is 214 g/mol. The van der Waals surface area contributed by atoms with Gasteiger partial charge < -0.3 is 16.0 Å². The van der Waals surface area contributed by atoms with E-state index in [0.29, 0.717) is 23.6 Å². The van der Waals surface area contributed by atoms with Gasteiger partial charge >= 0.3 is 0 Å². The molecule has 0 spiro atoms. The average Bonchev–Trinajstić information content (AvgIpc) is 2.27. The van der Waals surface area contributed by atoms with Crippen LogP contribution in [0.3, 0.4) is 0 Å². The molecule has 0 radical (unpaired) electrons. The lowest BCUT2D eigenvalue weighted by Crippen LogP contribution is -2.44. The van der Waals surface area contributed by atoms with Gasteiger partial charge in [0.15, 0.2) is 5.82 Å². The van der Waals surface area contributed by atoms with Gasteiger partial charge in [-0.25, -0.2) is 4.98 Å². The maximum Gasteiger partial charge on any atom is 0.150 e. The molecule has 1 aromatic heterocycles. The summed E-state index contributed by atoms with van der Waals surface area (Å²) in [4.78, 5) is 6.26. The zero-order valence-corrected chi connectivity index (χ0v) is 10.8. The molecule has 0 aromatic carbocycles. The van der Waals surface area contributed by atoms with Gasteiger partial charge in [-0.2, -0.15) is 5.26 Å². The zero-order valence-electron chi connectivity index (χ0n) is 10.8. The molecule has 0 amide bonds. The lowest BCUT2D eigenvalue weighted by molar-refractivity contribution is 0.210. The summed E-state index contributed by atoms with van der Waals surface area (Å²) in [5.41, 5.74) is 6.68. The number of anilines is 2. The number of aromatic nitrogens is 1. The van der Waals surface area contributed by atoms with Crippen LogP contribution in [0.1, 0.15) is 19.4 Å². The minimum Gasteiger partial charge on any atom is -0.395 e. The minimum absolute atomic E-state index is 0.0171. The van der Waals surface area contributed by atoms with Gasteiger partial charge in [0.25, 0.3) is 0 Å². The van der Waals surface area contributed by atoms with E-state index in [0.717, 1.165) is 0 Å². The van der Waals surface area contributed by atoms with Crippen LogP contribution in [0.2, 0.25) is 0 Å². The van der Waals surface area contributed by atoms with Gasteiger partial charge in [-0.3, -0.25) is 0 Å². The number of hydrogen-bond acceptors (Lipinski definition) is 5. The van der Waals surface area contributed by atoms with Crippen molar-refractivity contribution in [2.24, 2.45) is 0 Å². The highest BCUT2D eigenvalue weighted by Crippen LogP contribution is 2.20. The quantitative estimate of drug-likeness (QED) is 0.819. The molecule has 3 N–H and O–H groups in total. The number of rotatable bonds is 4. The van der Waals surface area contributed by atoms with Crippen LogP contribution < -0.4 is 11.1 Å². The standard InChI is InChI=1S/C12H19N5/c1-12(2,17(3)4)8-16-11-10(14)9(7-13)5-6-15-11/h5-6H,8,14H2,1-4H3,(H,15,16). The van der Waals surface area contributed by atoms with Gasteiger partial charge in [-0.15, -0.1) is 0 Å². The second-order valence-electron chi connectivity index (χ2n) is 4.79. The number of nitrogens with two attached hydrogens (primary N) is 1. The molecule has 0 atom stereocenters. The van der Waals surface area contributed by atoms with Crippen molar-refractivity contribution in [1.82, 2.24) is 9.88 Å². The van der Waals surface area contributed by atoms with Gasteiger partial charge in [-0.05, 0) is 34.0 Å². The van der Waals surface area contributed by atoms with Gasteiger partial charge in [0.05, 0.1) is 11.3 Å². The molecule has 5 heteroatoms. The van der Waals surface area contributed by atoms with Crippen molar-refractivity contribution in [2.45, 2.75) is 19.4 Å². The molecule has 0 aliphatic carbocycles. The Bertz CT molecular complexity index is 431. The maximum absolute atomic E-state index is 8.87. The average molecular weight is 233 g/mol. The molecule has 1 aromatic rings. The fourth-order valence-corrected chi connectivity index (χ4v) is 1.17. The van der Waals surface area contributed by atoms with Crippen LogP contribution in [0.5, 0.6) is 0 Å². The molecule has 0 bridgehead atoms. The first-order valence-corrected chi connectivity index (χ1v) is 5.44. The van der Waals surface area contributed by atoms with Gasteiger partial charge in [0.2, 0.25) is 0 Å². The Labute approximate surface area is 102 Å². The number of nitrogens with zero attached hydrogens (tertiary/aromatic N) is 3. The Morgan fingerprint density at radius 3 is 2.71 bits per heavy atom. The minimum atomic E-state index is -0.0171. The fraction of sp³-hybridized carbons (Fsp3) is 0.500. The summed E-state index contributed by atoms with van der Waals surface area (Å²) < 4.78 is 0. The Hall–Kier alpha value is -1.80. The summed E-state index contributed by atoms with van der Waals surface area (Å²) >= 11 is 0. The first-order valence-electron chi connectivity index (χ1n) is 5.44. The van der Waals surface area contributed by atoms with Crippen LogP contribution in [0.4, 0.5) is 11.5 Å². The lowest BCUT2D eigenvalue weighted by Gasteiger charge is -2.33. The number of nitrogen functional groups attached to an aromatic ring is 1. The van der Waals surface area contributed by atoms with Crippen molar-refractivity contribution in [3.05, 3.63) is 17.8 Å². The highest BCUT2D eigenvalue weighted by atomic mass is 15.2. The van der Waals surface area contributed by atoms with E-state index in [9.17, 15) is 0 Å². The first-order chi connectivity index (χ1) is 7.88. The van der Waals surface area contributed by atoms with E-state index in [-0.39, 0.29) is 5.54 Å². The van der Waals surface area contributed by atoms with E-state index < -0.39 is 0 Å². The molecule has 0 saturated heterocycles. The second kappa shape index (κ2) is 5.02. The molecule has 1 rings (SSSR count). The van der Waals surface area contributed by atoms with E-state index in [1.54, 1.807) is 12.3 Å². The molecule has 1 heterocycles. The zero-order chi connectivity index (χ0) is 13.1. The van der Waals surface area contributed by atoms with Crippen molar-refractivity contribution < 1.29 is 0 Å². The number of nitrogens with one attached hydrogen (secondary N) is 1. The number of nitriles is 1. The lowest BCUT2D eigenvalue weighted by atomic mass is 10.0. The summed E-state index contributed by atoms with van der Waals surface area (Å²) in [6.07, 6.45) is 1.58. The Kier molecular flexibility index (Phi) is 3.92. The highest BCUT2D eigenvalue weighted by molar-refractivity contribution is 5.68. The summed E-state index contributed by atoms with van der Waals surface area (Å²) in [6.45, 7) is 4.93. The van der Waals surface area contributed by atoms with Crippen LogP contribution in [0.15, 0.2) is 12.3 Å². The predicted octanol–water partition coefficient (Wildman–Crippen LogP) is 1.29. The fourth-order valence-electron chi connectivity index (χ4n) is 1.17. The third-order valence-electron chi connectivity index (χ3n) is 3.01. The first kappa shape index (κ1) is 13.3. The third-order valence-corrected chi connectivity index (χ3v) is 3.01. The molecule has 0 fully saturated rings. The van der Waals surface area contributed by atoms with Crippen molar-refractivity contribution in [1.29, 1.82) is 5.26 Å². The largest absolute Gasteiger partial charge is 0.395 e. The topological polar surface area (TPSA) is 78.0 Å². The molecule has 0 aliphatic heterocycles. The molecular formula is C12H19N5. The van der Waals surface area contributed by atoms with Crippen molar-refractivity contribution >= 4 is 11.5 Å². The van der Waals surface area contributed by atoms with Crippen LogP contribution in [0.25, 0.3) is 0 Å². The monoisotopic (exact) mass is 233 g/mol. The predicted molar refractivity (Wildman–Crippen MR) is 69.6 cm³/mol. The molecule has 5 nitrogen and oxygen atoms in total. The van der Waals surface area contributed by atoms with Crippen molar-refractivity contribution in [3.63, 3.8) is 0 Å². The van der Waals surface area contributed by atoms with E-state index in [1.165, 1.54) is 0 Å². The smallest absolute Gasteiger partial charge is 0.150 e. The molecule has 0 unspecified atom stereocenters. The molecule has 0 saturated carbocycles. The second-order valence-corrected chi connectivity index (χ2v) is 4.79. The summed E-state index contributed by atoms with van der Waals surface area (Å²) in [7, 11) is 4.04. The number of hydrogen-bond donors (Lipinski definition) is 2. The van der Waals surface area contributed by atoms with Crippen LogP contribution in [-0.2, 0) is 0 Å². The number of likely N-dealkylation sites (N-methyl/N-ethyl adjacent to an activating group) is 1. The number of pyridine rings is 1. The van der Waals surface area contributed by atoms with E-state index in [4.69, 9.17) is 11.0 Å². The highest BCUT2D eigenvalue weighted by Gasteiger charge is 2.20. The normalized spacial score (nSPS) is 11.3. The van der Waals surface area contributed by atoms with Crippen LogP contribution in [0, 0.1) is 11.3 Å². The third kappa shape index (κ3) is 3.08. The Balaban J connectivity index is 2.81. The molecule has 17 heavy (non-hydrogen) atoms. The van der Waals surface area contributed by atoms with Gasteiger partial charge in [0, 0.05) is 18.3 Å². The van der Waals surface area contributed by atoms with Crippen molar-refractivity contribution in [3.8, 4) is 6.07 Å².